The van der Waals surface area contributed by atoms with Crippen molar-refractivity contribution < 1.29 is 23.1 Å². The number of rotatable bonds is 5. The Morgan fingerprint density at radius 1 is 1.43 bits per heavy atom. The Bertz CT molecular complexity index is 597. The van der Waals surface area contributed by atoms with Crippen molar-refractivity contribution >= 4 is 23.2 Å². The van der Waals surface area contributed by atoms with Gasteiger partial charge in [0, 0.05) is 30.0 Å². The van der Waals surface area contributed by atoms with Crippen molar-refractivity contribution in [3.8, 4) is 0 Å². The summed E-state index contributed by atoms with van der Waals surface area (Å²) in [6.45, 7) is 0.426. The van der Waals surface area contributed by atoms with Gasteiger partial charge in [0.05, 0.1) is 12.6 Å². The maximum Gasteiger partial charge on any atom is 0.265 e. The molecule has 0 radical (unpaired) electrons. The lowest BCUT2D eigenvalue weighted by molar-refractivity contribution is -0.125. The van der Waals surface area contributed by atoms with Gasteiger partial charge in [-0.15, -0.1) is 0 Å². The second kappa shape index (κ2) is 7.44. The van der Waals surface area contributed by atoms with Crippen molar-refractivity contribution in [2.75, 3.05) is 36.5 Å². The van der Waals surface area contributed by atoms with Crippen LogP contribution in [-0.2, 0) is 14.3 Å². The third kappa shape index (κ3) is 4.01. The molecule has 0 unspecified atom stereocenters. The summed E-state index contributed by atoms with van der Waals surface area (Å²) in [5.74, 6) is -0.956. The molecule has 0 bridgehead atoms. The van der Waals surface area contributed by atoms with Crippen LogP contribution in [0.15, 0.2) is 18.2 Å². The van der Waals surface area contributed by atoms with Crippen molar-refractivity contribution in [2.24, 2.45) is 11.5 Å². The predicted molar refractivity (Wildman–Crippen MR) is 80.2 cm³/mol. The SMILES string of the molecule is NC[C@@H](N)C(=O)Nc1ccc(N2CCOCC2=O)cc1C(F)F. The monoisotopic (exact) mass is 328 g/mol. The molecule has 2 rings (SSSR count). The fourth-order valence-electron chi connectivity index (χ4n) is 2.14. The summed E-state index contributed by atoms with van der Waals surface area (Å²) in [5, 5.41) is 2.33. The highest BCUT2D eigenvalue weighted by atomic mass is 19.3. The number of amides is 2. The van der Waals surface area contributed by atoms with E-state index in [0.29, 0.717) is 12.3 Å². The number of ether oxygens (including phenoxy) is 1. The summed E-state index contributed by atoms with van der Waals surface area (Å²) in [5.41, 5.74) is 10.6. The predicted octanol–water partition coefficient (Wildman–Crippen LogP) is 0.212. The lowest BCUT2D eigenvalue weighted by Crippen LogP contribution is -2.42. The van der Waals surface area contributed by atoms with E-state index in [1.165, 1.54) is 23.1 Å². The maximum absolute atomic E-state index is 13.3. The molecule has 2 amide bonds. The van der Waals surface area contributed by atoms with E-state index in [1.54, 1.807) is 0 Å². The van der Waals surface area contributed by atoms with Gasteiger partial charge >= 0.3 is 0 Å². The number of nitrogens with one attached hydrogen (secondary N) is 1. The number of alkyl halides is 2. The van der Waals surface area contributed by atoms with Crippen LogP contribution in [0.25, 0.3) is 0 Å². The summed E-state index contributed by atoms with van der Waals surface area (Å²) >= 11 is 0. The van der Waals surface area contributed by atoms with Crippen LogP contribution in [0.4, 0.5) is 20.2 Å². The first-order valence-corrected chi connectivity index (χ1v) is 7.00. The smallest absolute Gasteiger partial charge is 0.265 e. The van der Waals surface area contributed by atoms with Gasteiger partial charge in [-0.25, -0.2) is 8.78 Å². The molecule has 1 heterocycles. The van der Waals surface area contributed by atoms with E-state index < -0.39 is 18.4 Å². The molecule has 5 N–H and O–H groups in total. The molecular formula is C14H18F2N4O3. The molecule has 9 heteroatoms. The minimum absolute atomic E-state index is 0.0571. The van der Waals surface area contributed by atoms with Crippen molar-refractivity contribution in [3.05, 3.63) is 23.8 Å². The fourth-order valence-corrected chi connectivity index (χ4v) is 2.14. The van der Waals surface area contributed by atoms with E-state index in [0.717, 1.165) is 0 Å². The number of anilines is 2. The lowest BCUT2D eigenvalue weighted by Gasteiger charge is -2.27. The van der Waals surface area contributed by atoms with Gasteiger partial charge in [0.15, 0.2) is 0 Å². The van der Waals surface area contributed by atoms with E-state index >= 15 is 0 Å². The average Bonchev–Trinajstić information content (AvgIpc) is 2.54. The largest absolute Gasteiger partial charge is 0.370 e. The molecule has 1 saturated heterocycles. The molecule has 126 valence electrons. The highest BCUT2D eigenvalue weighted by Gasteiger charge is 2.23. The van der Waals surface area contributed by atoms with Gasteiger partial charge in [0.2, 0.25) is 5.91 Å². The van der Waals surface area contributed by atoms with Crippen molar-refractivity contribution in [1.29, 1.82) is 0 Å². The molecule has 0 spiro atoms. The van der Waals surface area contributed by atoms with Crippen LogP contribution in [0.5, 0.6) is 0 Å². The molecule has 1 aromatic carbocycles. The van der Waals surface area contributed by atoms with Gasteiger partial charge in [-0.3, -0.25) is 9.59 Å². The number of morpholine rings is 1. The van der Waals surface area contributed by atoms with E-state index in [2.05, 4.69) is 5.32 Å². The summed E-state index contributed by atoms with van der Waals surface area (Å²) in [6, 6.07) is 3.00. The standard InChI is InChI=1S/C14H18F2N4O3/c15-13(16)9-5-8(20-3-4-23-7-12(20)21)1-2-11(9)19-14(22)10(18)6-17/h1-2,5,10,13H,3-4,6-7,17-18H2,(H,19,22)/t10-/m1/s1. The molecule has 0 aliphatic carbocycles. The molecule has 0 aromatic heterocycles. The highest BCUT2D eigenvalue weighted by Crippen LogP contribution is 2.31. The second-order valence-electron chi connectivity index (χ2n) is 5.00. The zero-order chi connectivity index (χ0) is 17.0. The molecule has 1 aliphatic rings. The lowest BCUT2D eigenvalue weighted by atomic mass is 10.1. The third-order valence-electron chi connectivity index (χ3n) is 3.42. The molecule has 7 nitrogen and oxygen atoms in total. The quantitative estimate of drug-likeness (QED) is 0.716. The van der Waals surface area contributed by atoms with Crippen LogP contribution in [0, 0.1) is 0 Å². The van der Waals surface area contributed by atoms with Crippen LogP contribution >= 0.6 is 0 Å². The topological polar surface area (TPSA) is 111 Å². The molecule has 0 saturated carbocycles. The normalized spacial score (nSPS) is 16.6. The van der Waals surface area contributed by atoms with Gasteiger partial charge < -0.3 is 26.4 Å². The number of hydrogen-bond acceptors (Lipinski definition) is 5. The zero-order valence-corrected chi connectivity index (χ0v) is 12.3. The van der Waals surface area contributed by atoms with Crippen LogP contribution < -0.4 is 21.7 Å². The molecule has 1 aliphatic heterocycles. The van der Waals surface area contributed by atoms with Gasteiger partial charge in [-0.1, -0.05) is 0 Å². The third-order valence-corrected chi connectivity index (χ3v) is 3.42. The van der Waals surface area contributed by atoms with Gasteiger partial charge in [0.1, 0.15) is 6.61 Å². The summed E-state index contributed by atoms with van der Waals surface area (Å²) < 4.78 is 31.5. The fraction of sp³-hybridized carbons (Fsp3) is 0.429. The second-order valence-corrected chi connectivity index (χ2v) is 5.00. The van der Waals surface area contributed by atoms with E-state index in [1.807, 2.05) is 0 Å². The van der Waals surface area contributed by atoms with E-state index in [-0.39, 0.29) is 36.9 Å². The average molecular weight is 328 g/mol. The van der Waals surface area contributed by atoms with E-state index in [4.69, 9.17) is 16.2 Å². The number of nitrogens with two attached hydrogens (primary N) is 2. The minimum Gasteiger partial charge on any atom is -0.370 e. The van der Waals surface area contributed by atoms with Crippen molar-refractivity contribution in [1.82, 2.24) is 0 Å². The molecule has 1 fully saturated rings. The van der Waals surface area contributed by atoms with Crippen LogP contribution in [0.1, 0.15) is 12.0 Å². The molecular weight excluding hydrogens is 310 g/mol. The van der Waals surface area contributed by atoms with Crippen LogP contribution in [0.2, 0.25) is 0 Å². The van der Waals surface area contributed by atoms with Crippen LogP contribution in [-0.4, -0.2) is 44.2 Å². The zero-order valence-electron chi connectivity index (χ0n) is 12.3. The van der Waals surface area contributed by atoms with Crippen molar-refractivity contribution in [2.45, 2.75) is 12.5 Å². The maximum atomic E-state index is 13.3. The number of nitrogens with zero attached hydrogens (tertiary/aromatic N) is 1. The first kappa shape index (κ1) is 17.3. The summed E-state index contributed by atoms with van der Waals surface area (Å²) in [4.78, 5) is 24.9. The number of hydrogen-bond donors (Lipinski definition) is 3. The van der Waals surface area contributed by atoms with Gasteiger partial charge in [-0.05, 0) is 18.2 Å². The van der Waals surface area contributed by atoms with E-state index in [9.17, 15) is 18.4 Å². The number of carbonyl (C=O) groups is 2. The Kier molecular flexibility index (Phi) is 5.59. The number of halogens is 2. The first-order chi connectivity index (χ1) is 10.9. The Labute approximate surface area is 131 Å². The van der Waals surface area contributed by atoms with Crippen molar-refractivity contribution in [3.63, 3.8) is 0 Å². The number of benzene rings is 1. The van der Waals surface area contributed by atoms with Crippen LogP contribution in [0.3, 0.4) is 0 Å². The molecule has 1 atom stereocenters. The Balaban J connectivity index is 2.27. The summed E-state index contributed by atoms with van der Waals surface area (Å²) in [6.07, 6.45) is -2.82. The number of carbonyl (C=O) groups excluding carboxylic acids is 2. The van der Waals surface area contributed by atoms with Gasteiger partial charge in [0.25, 0.3) is 12.3 Å². The summed E-state index contributed by atoms with van der Waals surface area (Å²) in [7, 11) is 0. The first-order valence-electron chi connectivity index (χ1n) is 7.00. The Hall–Kier alpha value is -2.10. The molecule has 1 aromatic rings. The highest BCUT2D eigenvalue weighted by molar-refractivity contribution is 5.97. The van der Waals surface area contributed by atoms with Gasteiger partial charge in [-0.2, -0.15) is 0 Å². The molecule has 23 heavy (non-hydrogen) atoms. The Morgan fingerprint density at radius 3 is 2.78 bits per heavy atom. The minimum atomic E-state index is -2.82. The Morgan fingerprint density at radius 2 is 2.17 bits per heavy atom.